The van der Waals surface area contributed by atoms with E-state index in [1.165, 1.54) is 12.5 Å². The summed E-state index contributed by atoms with van der Waals surface area (Å²) in [5.74, 6) is 1.31. The zero-order valence-corrected chi connectivity index (χ0v) is 38.4. The van der Waals surface area contributed by atoms with E-state index in [0.717, 1.165) is 64.2 Å². The highest BCUT2D eigenvalue weighted by molar-refractivity contribution is 7.86. The summed E-state index contributed by atoms with van der Waals surface area (Å²) in [7, 11) is -10.6. The Morgan fingerprint density at radius 2 is 0.860 bits per heavy atom. The third-order valence-corrected chi connectivity index (χ3v) is 24.4. The second-order valence-electron chi connectivity index (χ2n) is 20.4. The summed E-state index contributed by atoms with van der Waals surface area (Å²) in [6, 6.07) is 0. The van der Waals surface area contributed by atoms with E-state index in [-0.39, 0.29) is 57.2 Å². The minimum atomic E-state index is -3.45. The third-order valence-electron chi connectivity index (χ3n) is 14.3. The predicted octanol–water partition coefficient (Wildman–Crippen LogP) is 9.92. The molecule has 0 bridgehead atoms. The first-order valence-corrected chi connectivity index (χ1v) is 28.9. The van der Waals surface area contributed by atoms with Gasteiger partial charge < -0.3 is 8.85 Å². The molecule has 4 saturated carbocycles. The van der Waals surface area contributed by atoms with Crippen molar-refractivity contribution in [2.75, 3.05) is 12.5 Å². The second kappa shape index (κ2) is 15.4. The lowest BCUT2D eigenvalue weighted by molar-refractivity contribution is -0.119. The van der Waals surface area contributed by atoms with Crippen molar-refractivity contribution in [2.24, 2.45) is 34.5 Å². The monoisotopic (exact) mass is 780 g/mol. The molecule has 4 aliphatic carbocycles. The van der Waals surface area contributed by atoms with Gasteiger partial charge in [-0.2, -0.15) is 16.8 Å². The number of hydrogen-bond acceptors (Lipinski definition) is 8. The Balaban J connectivity index is 0.000000270. The molecule has 0 aromatic carbocycles. The molecule has 12 heteroatoms. The Bertz CT molecular complexity index is 1270. The molecule has 0 spiro atoms. The second-order valence-corrected chi connectivity index (χ2v) is 33.1. The van der Waals surface area contributed by atoms with Crippen LogP contribution in [-0.2, 0) is 37.5 Å². The van der Waals surface area contributed by atoms with Crippen LogP contribution in [0.1, 0.15) is 133 Å². The Labute approximate surface area is 310 Å². The average Bonchev–Trinajstić information content (AvgIpc) is 2.90. The fourth-order valence-electron chi connectivity index (χ4n) is 9.39. The Kier molecular flexibility index (Phi) is 13.7. The standard InChI is InChI=1S/2C19H38O4SSi/c2*1-14-11-12-15-16(23-25(7,8)18(2,3)4)10-9-13-19(15,5)17(14)22-24(6,20)21/h2*14-17H,9-13H2,1-8H3/t2*14-,15+,16+,17+,19+/m11/s1. The molecule has 0 saturated heterocycles. The van der Waals surface area contributed by atoms with Crippen molar-refractivity contribution in [3.63, 3.8) is 0 Å². The highest BCUT2D eigenvalue weighted by atomic mass is 32.2. The van der Waals surface area contributed by atoms with Gasteiger partial charge in [-0.05, 0) is 111 Å². The van der Waals surface area contributed by atoms with Crippen molar-refractivity contribution in [1.82, 2.24) is 0 Å². The van der Waals surface area contributed by atoms with Crippen LogP contribution in [0.2, 0.25) is 36.3 Å². The van der Waals surface area contributed by atoms with E-state index in [1.54, 1.807) is 0 Å². The van der Waals surface area contributed by atoms with Crippen LogP contribution in [0.25, 0.3) is 0 Å². The molecule has 0 aromatic rings. The smallest absolute Gasteiger partial charge is 0.264 e. The van der Waals surface area contributed by atoms with Crippen molar-refractivity contribution in [1.29, 1.82) is 0 Å². The van der Waals surface area contributed by atoms with Crippen molar-refractivity contribution < 1.29 is 34.1 Å². The van der Waals surface area contributed by atoms with Crippen LogP contribution in [0, 0.1) is 34.5 Å². The molecule has 0 aromatic heterocycles. The van der Waals surface area contributed by atoms with E-state index in [9.17, 15) is 16.8 Å². The highest BCUT2D eigenvalue weighted by Gasteiger charge is 2.56. The fraction of sp³-hybridized carbons (Fsp3) is 1.00. The molecule has 4 rings (SSSR count). The SMILES string of the molecule is C[C@@H]1CC[C@H]2[C@@H](O[Si](C)(C)C(C)(C)C)CCC[C@]2(C)[C@H]1OS(C)(=O)=O.C[C@@H]1CC[C@H]2[C@@H](O[Si](C)(C)C(C)(C)C)CCC[C@]2(C)[C@H]1OS(C)(=O)=O. The van der Waals surface area contributed by atoms with E-state index in [4.69, 9.17) is 17.2 Å². The first-order valence-electron chi connectivity index (χ1n) is 19.5. The molecule has 0 unspecified atom stereocenters. The molecule has 4 fully saturated rings. The van der Waals surface area contributed by atoms with Crippen molar-refractivity contribution in [3.8, 4) is 0 Å². The van der Waals surface area contributed by atoms with Crippen LogP contribution in [0.3, 0.4) is 0 Å². The summed E-state index contributed by atoms with van der Waals surface area (Å²) in [5.41, 5.74) is -0.238. The molecule has 8 nitrogen and oxygen atoms in total. The molecular formula is C38H76O8S2Si2. The van der Waals surface area contributed by atoms with E-state index >= 15 is 0 Å². The van der Waals surface area contributed by atoms with E-state index in [2.05, 4.69) is 95.4 Å². The van der Waals surface area contributed by atoms with Gasteiger partial charge in [-0.15, -0.1) is 0 Å². The molecule has 296 valence electrons. The van der Waals surface area contributed by atoms with Gasteiger partial charge in [-0.1, -0.05) is 82.1 Å². The molecule has 0 aliphatic heterocycles. The van der Waals surface area contributed by atoms with Gasteiger partial charge in [0.1, 0.15) is 0 Å². The predicted molar refractivity (Wildman–Crippen MR) is 211 cm³/mol. The first-order chi connectivity index (χ1) is 22.3. The summed E-state index contributed by atoms with van der Waals surface area (Å²) in [6.45, 7) is 31.7. The first kappa shape index (κ1) is 44.6. The van der Waals surface area contributed by atoms with Crippen LogP contribution in [0.15, 0.2) is 0 Å². The molecule has 50 heavy (non-hydrogen) atoms. The maximum Gasteiger partial charge on any atom is 0.264 e. The normalized spacial score (nSPS) is 37.6. The molecular weight excluding hydrogens is 705 g/mol. The van der Waals surface area contributed by atoms with Gasteiger partial charge in [0.2, 0.25) is 0 Å². The van der Waals surface area contributed by atoms with Gasteiger partial charge in [0.15, 0.2) is 16.6 Å². The quantitative estimate of drug-likeness (QED) is 0.177. The Hall–Kier alpha value is 0.174. The summed E-state index contributed by atoms with van der Waals surface area (Å²) in [6.07, 6.45) is 13.0. The zero-order chi connectivity index (χ0) is 38.5. The summed E-state index contributed by atoms with van der Waals surface area (Å²) in [5, 5.41) is 0.372. The lowest BCUT2D eigenvalue weighted by Gasteiger charge is -2.56. The minimum Gasteiger partial charge on any atom is -0.414 e. The van der Waals surface area contributed by atoms with Gasteiger partial charge in [-0.3, -0.25) is 8.37 Å². The van der Waals surface area contributed by atoms with Gasteiger partial charge in [0.25, 0.3) is 20.2 Å². The Morgan fingerprint density at radius 3 is 1.12 bits per heavy atom. The minimum absolute atomic E-state index is 0.119. The Morgan fingerprint density at radius 1 is 0.560 bits per heavy atom. The van der Waals surface area contributed by atoms with E-state index in [0.29, 0.717) is 11.8 Å². The number of fused-ring (bicyclic) bond motifs is 2. The molecule has 10 atom stereocenters. The van der Waals surface area contributed by atoms with Gasteiger partial charge in [-0.25, -0.2) is 0 Å². The van der Waals surface area contributed by atoms with Crippen LogP contribution < -0.4 is 0 Å². The maximum absolute atomic E-state index is 11.9. The van der Waals surface area contributed by atoms with Crippen molar-refractivity contribution in [3.05, 3.63) is 0 Å². The summed E-state index contributed by atoms with van der Waals surface area (Å²) >= 11 is 0. The van der Waals surface area contributed by atoms with E-state index < -0.39 is 36.9 Å². The number of rotatable bonds is 8. The molecule has 0 radical (unpaired) electrons. The van der Waals surface area contributed by atoms with Crippen LogP contribution in [-0.4, -0.2) is 70.4 Å². The average molecular weight is 781 g/mol. The fourth-order valence-corrected chi connectivity index (χ4v) is 13.8. The van der Waals surface area contributed by atoms with Gasteiger partial charge in [0, 0.05) is 23.0 Å². The molecule has 0 heterocycles. The molecule has 0 N–H and O–H groups in total. The van der Waals surface area contributed by atoms with Gasteiger partial charge >= 0.3 is 0 Å². The largest absolute Gasteiger partial charge is 0.414 e. The molecule has 0 amide bonds. The van der Waals surface area contributed by atoms with E-state index in [1.807, 2.05) is 0 Å². The number of hydrogen-bond donors (Lipinski definition) is 0. The summed E-state index contributed by atoms with van der Waals surface area (Å²) < 4.78 is 72.4. The summed E-state index contributed by atoms with van der Waals surface area (Å²) in [4.78, 5) is 0. The third kappa shape index (κ3) is 10.3. The highest BCUT2D eigenvalue weighted by Crippen LogP contribution is 2.57. The van der Waals surface area contributed by atoms with Crippen LogP contribution >= 0.6 is 0 Å². The van der Waals surface area contributed by atoms with Crippen molar-refractivity contribution in [2.45, 2.75) is 194 Å². The lowest BCUT2D eigenvalue weighted by Crippen LogP contribution is -2.57. The van der Waals surface area contributed by atoms with Crippen LogP contribution in [0.4, 0.5) is 0 Å². The zero-order valence-electron chi connectivity index (χ0n) is 34.8. The topological polar surface area (TPSA) is 105 Å². The maximum atomic E-state index is 11.9. The lowest BCUT2D eigenvalue weighted by atomic mass is 9.56. The van der Waals surface area contributed by atoms with Crippen LogP contribution in [0.5, 0.6) is 0 Å². The molecule has 4 aliphatic rings. The van der Waals surface area contributed by atoms with Crippen molar-refractivity contribution >= 4 is 36.9 Å². The van der Waals surface area contributed by atoms with Gasteiger partial charge in [0.05, 0.1) is 24.7 Å².